The van der Waals surface area contributed by atoms with Crippen LogP contribution in [-0.2, 0) is 18.9 Å². The fourth-order valence-corrected chi connectivity index (χ4v) is 4.12. The van der Waals surface area contributed by atoms with Crippen LogP contribution in [0.5, 0.6) is 0 Å². The van der Waals surface area contributed by atoms with Gasteiger partial charge in [-0.15, -0.1) is 0 Å². The van der Waals surface area contributed by atoms with E-state index in [2.05, 4.69) is 5.32 Å². The van der Waals surface area contributed by atoms with Crippen LogP contribution in [0.3, 0.4) is 0 Å². The van der Waals surface area contributed by atoms with Crippen LogP contribution in [0.4, 0.5) is 4.79 Å². The van der Waals surface area contributed by atoms with Crippen molar-refractivity contribution in [2.24, 2.45) is 5.73 Å². The second kappa shape index (κ2) is 12.0. The Bertz CT molecular complexity index is 626. The van der Waals surface area contributed by atoms with Gasteiger partial charge in [-0.1, -0.05) is 0 Å². The molecule has 0 spiro atoms. The van der Waals surface area contributed by atoms with Gasteiger partial charge in [0.05, 0.1) is 26.4 Å². The molecule has 0 bridgehead atoms. The third-order valence-electron chi connectivity index (χ3n) is 5.87. The number of aliphatic hydroxyl groups is 8. The van der Waals surface area contributed by atoms with Gasteiger partial charge < -0.3 is 70.9 Å². The highest BCUT2D eigenvalue weighted by Crippen LogP contribution is 2.42. The Hall–Kier alpha value is -1.21. The van der Waals surface area contributed by atoms with Crippen molar-refractivity contribution >= 4 is 6.09 Å². The fraction of sp³-hybridized carbons (Fsp3) is 0.944. The first-order valence-electron chi connectivity index (χ1n) is 10.4. The van der Waals surface area contributed by atoms with E-state index < -0.39 is 92.6 Å². The standard InChI is InChI=1S/C18H34N2O13/c1-20-17(29)32-14-8(5-22)31-16(13(27)11(14)25)18(9(23)6-30-3-2-19)15(28)12(26)10(24)7(4-21)33-18/h7-16,21-28H,2-6,19H2,1H3,(H,20,29)/t7-,8+,9?,10+,11-,12-,13-,14+,15-,16-,18?/m0/s1. The van der Waals surface area contributed by atoms with E-state index in [9.17, 15) is 45.6 Å². The summed E-state index contributed by atoms with van der Waals surface area (Å²) < 4.78 is 21.4. The van der Waals surface area contributed by atoms with Crippen LogP contribution in [0.25, 0.3) is 0 Å². The van der Waals surface area contributed by atoms with Gasteiger partial charge in [-0.25, -0.2) is 4.79 Å². The van der Waals surface area contributed by atoms with Gasteiger partial charge in [0, 0.05) is 13.6 Å². The lowest BCUT2D eigenvalue weighted by Crippen LogP contribution is -2.79. The maximum atomic E-state index is 11.6. The molecule has 0 aromatic rings. The molecular formula is C18H34N2O13. The summed E-state index contributed by atoms with van der Waals surface area (Å²) in [6.45, 7) is -2.19. The van der Waals surface area contributed by atoms with Crippen LogP contribution in [0.2, 0.25) is 0 Å². The van der Waals surface area contributed by atoms with Gasteiger partial charge >= 0.3 is 6.09 Å². The van der Waals surface area contributed by atoms with Crippen LogP contribution < -0.4 is 11.1 Å². The van der Waals surface area contributed by atoms with E-state index in [0.717, 1.165) is 0 Å². The van der Waals surface area contributed by atoms with Crippen LogP contribution >= 0.6 is 0 Å². The number of alkyl carbamates (subject to hydrolysis) is 1. The quantitative estimate of drug-likeness (QED) is 0.136. The highest BCUT2D eigenvalue weighted by Gasteiger charge is 2.66. The smallest absolute Gasteiger partial charge is 0.407 e. The van der Waals surface area contributed by atoms with E-state index in [4.69, 9.17) is 24.7 Å². The topological polar surface area (TPSA) is 254 Å². The van der Waals surface area contributed by atoms with E-state index in [0.29, 0.717) is 0 Å². The molecule has 0 saturated carbocycles. The highest BCUT2D eigenvalue weighted by atomic mass is 16.6. The zero-order chi connectivity index (χ0) is 24.9. The second-order valence-electron chi connectivity index (χ2n) is 7.88. The molecule has 11 atom stereocenters. The van der Waals surface area contributed by atoms with E-state index in [-0.39, 0.29) is 13.2 Å². The fourth-order valence-electron chi connectivity index (χ4n) is 4.12. The van der Waals surface area contributed by atoms with Gasteiger partial charge in [0.15, 0.2) is 11.7 Å². The first-order valence-corrected chi connectivity index (χ1v) is 10.4. The summed E-state index contributed by atoms with van der Waals surface area (Å²) in [7, 11) is 1.24. The molecule has 2 aliphatic heterocycles. The largest absolute Gasteiger partial charge is 0.440 e. The van der Waals surface area contributed by atoms with Crippen LogP contribution in [0.15, 0.2) is 0 Å². The van der Waals surface area contributed by atoms with Crippen LogP contribution in [0, 0.1) is 0 Å². The summed E-state index contributed by atoms with van der Waals surface area (Å²) in [5.41, 5.74) is 2.88. The number of hydrogen-bond acceptors (Lipinski definition) is 14. The number of carbonyl (C=O) groups is 1. The first kappa shape index (κ1) is 28.0. The van der Waals surface area contributed by atoms with Crippen molar-refractivity contribution in [2.45, 2.75) is 66.6 Å². The molecule has 2 heterocycles. The van der Waals surface area contributed by atoms with Crippen molar-refractivity contribution < 1.29 is 64.6 Å². The maximum Gasteiger partial charge on any atom is 0.407 e. The summed E-state index contributed by atoms with van der Waals surface area (Å²) in [5.74, 6) is 0. The minimum Gasteiger partial charge on any atom is -0.440 e. The van der Waals surface area contributed by atoms with Crippen LogP contribution in [0.1, 0.15) is 0 Å². The second-order valence-corrected chi connectivity index (χ2v) is 7.88. The Morgan fingerprint density at radius 1 is 1.06 bits per heavy atom. The molecule has 0 aliphatic carbocycles. The van der Waals surface area contributed by atoms with Gasteiger partial charge in [-0.2, -0.15) is 0 Å². The average Bonchev–Trinajstić information content (AvgIpc) is 2.81. The summed E-state index contributed by atoms with van der Waals surface area (Å²) >= 11 is 0. The molecule has 15 nitrogen and oxygen atoms in total. The Balaban J connectivity index is 2.49. The summed E-state index contributed by atoms with van der Waals surface area (Å²) in [4.78, 5) is 11.6. The summed E-state index contributed by atoms with van der Waals surface area (Å²) in [6.07, 6.45) is -19.1. The molecular weight excluding hydrogens is 452 g/mol. The number of rotatable bonds is 9. The number of aliphatic hydroxyl groups excluding tert-OH is 8. The highest BCUT2D eigenvalue weighted by molar-refractivity contribution is 5.67. The first-order chi connectivity index (χ1) is 15.6. The monoisotopic (exact) mass is 486 g/mol. The molecule has 2 rings (SSSR count). The molecule has 1 amide bonds. The lowest BCUT2D eigenvalue weighted by atomic mass is 9.73. The number of nitrogens with two attached hydrogens (primary N) is 1. The van der Waals surface area contributed by atoms with Gasteiger partial charge in [-0.05, 0) is 0 Å². The third kappa shape index (κ3) is 5.39. The van der Waals surface area contributed by atoms with Gasteiger partial charge in [0.2, 0.25) is 0 Å². The SMILES string of the molecule is CNC(=O)O[C@H]1[C@@H](O)[C@H](O)[C@@H](C2(C(O)COCCN)O[C@@H](CO)[C@@H](O)[C@H](O)[C@@H]2O)O[C@@H]1CO. The number of hydrogen-bond donors (Lipinski definition) is 10. The zero-order valence-electron chi connectivity index (χ0n) is 18.0. The summed E-state index contributed by atoms with van der Waals surface area (Å²) in [6, 6.07) is 0. The van der Waals surface area contributed by atoms with Crippen molar-refractivity contribution in [3.63, 3.8) is 0 Å². The minimum absolute atomic E-state index is 0.0180. The number of carbonyl (C=O) groups excluding carboxylic acids is 1. The number of ether oxygens (including phenoxy) is 4. The van der Waals surface area contributed by atoms with E-state index in [1.165, 1.54) is 7.05 Å². The molecule has 0 aromatic heterocycles. The maximum absolute atomic E-state index is 11.6. The Morgan fingerprint density at radius 2 is 1.70 bits per heavy atom. The Kier molecular flexibility index (Phi) is 10.2. The van der Waals surface area contributed by atoms with Gasteiger partial charge in [0.1, 0.15) is 54.9 Å². The average molecular weight is 486 g/mol. The summed E-state index contributed by atoms with van der Waals surface area (Å²) in [5, 5.41) is 85.4. The minimum atomic E-state index is -2.48. The lowest BCUT2D eigenvalue weighted by molar-refractivity contribution is -0.363. The molecule has 2 saturated heterocycles. The normalized spacial score (nSPS) is 42.5. The third-order valence-corrected chi connectivity index (χ3v) is 5.87. The van der Waals surface area contributed by atoms with Crippen molar-refractivity contribution in [1.29, 1.82) is 0 Å². The van der Waals surface area contributed by atoms with Gasteiger partial charge in [0.25, 0.3) is 0 Å². The Morgan fingerprint density at radius 3 is 2.24 bits per heavy atom. The van der Waals surface area contributed by atoms with Crippen molar-refractivity contribution in [2.75, 3.05) is 40.0 Å². The van der Waals surface area contributed by atoms with Crippen molar-refractivity contribution in [3.8, 4) is 0 Å². The molecule has 194 valence electrons. The molecule has 33 heavy (non-hydrogen) atoms. The molecule has 2 unspecified atom stereocenters. The zero-order valence-corrected chi connectivity index (χ0v) is 18.0. The van der Waals surface area contributed by atoms with E-state index in [1.807, 2.05) is 0 Å². The van der Waals surface area contributed by atoms with Crippen LogP contribution in [-0.4, -0.2) is 154 Å². The lowest BCUT2D eigenvalue weighted by Gasteiger charge is -2.57. The number of amides is 1. The molecule has 11 N–H and O–H groups in total. The van der Waals surface area contributed by atoms with E-state index >= 15 is 0 Å². The molecule has 15 heteroatoms. The van der Waals surface area contributed by atoms with Crippen molar-refractivity contribution in [1.82, 2.24) is 5.32 Å². The van der Waals surface area contributed by atoms with E-state index in [1.54, 1.807) is 0 Å². The molecule has 2 aliphatic rings. The number of nitrogens with one attached hydrogen (secondary N) is 1. The molecule has 0 aromatic carbocycles. The molecule has 2 fully saturated rings. The Labute approximate surface area is 189 Å². The predicted molar refractivity (Wildman–Crippen MR) is 106 cm³/mol. The molecule has 0 radical (unpaired) electrons. The predicted octanol–water partition coefficient (Wildman–Crippen LogP) is -6.26. The van der Waals surface area contributed by atoms with Crippen molar-refractivity contribution in [3.05, 3.63) is 0 Å². The van der Waals surface area contributed by atoms with Gasteiger partial charge in [-0.3, -0.25) is 0 Å².